The zero-order valence-corrected chi connectivity index (χ0v) is 18.9. The summed E-state index contributed by atoms with van der Waals surface area (Å²) in [5.74, 6) is 0. The molecule has 0 saturated heterocycles. The SMILES string of the molecule is COCCCC1=CN(c2ccccc2-c2nc3cccnc3s2)C(c2ccccc2)S1. The Kier molecular flexibility index (Phi) is 6.02. The molecule has 2 aromatic heterocycles. The summed E-state index contributed by atoms with van der Waals surface area (Å²) in [6.45, 7) is 0.781. The van der Waals surface area contributed by atoms with Crippen LogP contribution in [0.25, 0.3) is 20.9 Å². The average Bonchev–Trinajstić information content (AvgIpc) is 3.44. The molecular weight excluding hydrogens is 422 g/mol. The number of rotatable bonds is 7. The highest BCUT2D eigenvalue weighted by Gasteiger charge is 2.29. The van der Waals surface area contributed by atoms with Crippen molar-refractivity contribution in [1.82, 2.24) is 9.97 Å². The summed E-state index contributed by atoms with van der Waals surface area (Å²) in [6, 6.07) is 23.2. The van der Waals surface area contributed by atoms with Gasteiger partial charge in [-0.2, -0.15) is 0 Å². The summed E-state index contributed by atoms with van der Waals surface area (Å²) in [5.41, 5.74) is 4.56. The fourth-order valence-corrected chi connectivity index (χ4v) is 6.02. The number of para-hydroxylation sites is 1. The standard InChI is InChI=1S/C25H23N3OS2/c1-29-16-8-11-19-17-28(25(30-19)18-9-3-2-4-10-18)22-14-6-5-12-20(22)23-27-21-13-7-15-26-24(21)31-23/h2-7,9-10,12-15,17,25H,8,11,16H2,1H3. The molecule has 1 atom stereocenters. The number of hydrogen-bond acceptors (Lipinski definition) is 6. The van der Waals surface area contributed by atoms with E-state index < -0.39 is 0 Å². The summed E-state index contributed by atoms with van der Waals surface area (Å²) >= 11 is 3.57. The van der Waals surface area contributed by atoms with Gasteiger partial charge in [-0.3, -0.25) is 0 Å². The average molecular weight is 446 g/mol. The lowest BCUT2D eigenvalue weighted by Gasteiger charge is -2.27. The molecule has 0 bridgehead atoms. The second-order valence-electron chi connectivity index (χ2n) is 7.34. The molecule has 0 spiro atoms. The van der Waals surface area contributed by atoms with Gasteiger partial charge in [0.05, 0.1) is 5.69 Å². The predicted molar refractivity (Wildman–Crippen MR) is 131 cm³/mol. The maximum Gasteiger partial charge on any atom is 0.143 e. The number of methoxy groups -OCH3 is 1. The van der Waals surface area contributed by atoms with E-state index in [1.54, 1.807) is 18.4 Å². The second kappa shape index (κ2) is 9.22. The van der Waals surface area contributed by atoms with Gasteiger partial charge in [-0.25, -0.2) is 9.97 Å². The number of thiazole rings is 1. The van der Waals surface area contributed by atoms with Gasteiger partial charge < -0.3 is 9.64 Å². The van der Waals surface area contributed by atoms with Crippen LogP contribution in [0.1, 0.15) is 23.8 Å². The molecule has 6 heteroatoms. The Balaban J connectivity index is 1.56. The number of anilines is 1. The topological polar surface area (TPSA) is 38.2 Å². The second-order valence-corrected chi connectivity index (χ2v) is 9.53. The number of pyridine rings is 1. The van der Waals surface area contributed by atoms with Crippen LogP contribution in [0, 0.1) is 0 Å². The summed E-state index contributed by atoms with van der Waals surface area (Å²) < 4.78 is 5.27. The van der Waals surface area contributed by atoms with Gasteiger partial charge in [0.25, 0.3) is 0 Å². The van der Waals surface area contributed by atoms with Crippen LogP contribution in [0.2, 0.25) is 0 Å². The maximum absolute atomic E-state index is 5.27. The molecule has 0 radical (unpaired) electrons. The van der Waals surface area contributed by atoms with Gasteiger partial charge in [-0.05, 0) is 42.7 Å². The van der Waals surface area contributed by atoms with Crippen LogP contribution < -0.4 is 4.90 Å². The van der Waals surface area contributed by atoms with Gasteiger partial charge in [-0.1, -0.05) is 65.6 Å². The number of benzene rings is 2. The molecule has 1 unspecified atom stereocenters. The number of fused-ring (bicyclic) bond motifs is 1. The first-order valence-corrected chi connectivity index (χ1v) is 12.0. The van der Waals surface area contributed by atoms with Gasteiger partial charge >= 0.3 is 0 Å². The van der Waals surface area contributed by atoms with Crippen molar-refractivity contribution in [2.24, 2.45) is 0 Å². The van der Waals surface area contributed by atoms with E-state index in [0.29, 0.717) is 0 Å². The lowest BCUT2D eigenvalue weighted by molar-refractivity contribution is 0.195. The normalized spacial score (nSPS) is 16.1. The molecule has 2 aromatic carbocycles. The highest BCUT2D eigenvalue weighted by Crippen LogP contribution is 2.50. The minimum atomic E-state index is 0.201. The quantitative estimate of drug-likeness (QED) is 0.290. The van der Waals surface area contributed by atoms with Gasteiger partial charge in [0.2, 0.25) is 0 Å². The molecule has 0 saturated carbocycles. The predicted octanol–water partition coefficient (Wildman–Crippen LogP) is 6.88. The van der Waals surface area contributed by atoms with Crippen LogP contribution in [0.5, 0.6) is 0 Å². The molecule has 31 heavy (non-hydrogen) atoms. The van der Waals surface area contributed by atoms with E-state index in [2.05, 4.69) is 70.7 Å². The van der Waals surface area contributed by atoms with Crippen LogP contribution in [0.15, 0.2) is 84.0 Å². The van der Waals surface area contributed by atoms with Crippen LogP contribution in [-0.4, -0.2) is 23.7 Å². The molecule has 4 nitrogen and oxygen atoms in total. The minimum Gasteiger partial charge on any atom is -0.385 e. The van der Waals surface area contributed by atoms with Gasteiger partial charge in [-0.15, -0.1) is 0 Å². The first kappa shape index (κ1) is 20.2. The number of allylic oxidation sites excluding steroid dienone is 1. The number of thioether (sulfide) groups is 1. The molecule has 3 heterocycles. The molecule has 5 rings (SSSR count). The third-order valence-electron chi connectivity index (χ3n) is 5.23. The molecule has 1 aliphatic heterocycles. The smallest absolute Gasteiger partial charge is 0.143 e. The number of aromatic nitrogens is 2. The number of nitrogens with zero attached hydrogens (tertiary/aromatic N) is 3. The molecule has 0 aliphatic carbocycles. The monoisotopic (exact) mass is 445 g/mol. The van der Waals surface area contributed by atoms with Crippen molar-refractivity contribution in [1.29, 1.82) is 0 Å². The first-order chi connectivity index (χ1) is 15.3. The number of ether oxygens (including phenoxy) is 1. The van der Waals surface area contributed by atoms with Crippen molar-refractivity contribution in [3.8, 4) is 10.6 Å². The van der Waals surface area contributed by atoms with Crippen molar-refractivity contribution in [2.75, 3.05) is 18.6 Å². The van der Waals surface area contributed by atoms with Gasteiger partial charge in [0.15, 0.2) is 0 Å². The van der Waals surface area contributed by atoms with Crippen molar-refractivity contribution in [2.45, 2.75) is 18.2 Å². The minimum absolute atomic E-state index is 0.201. The first-order valence-electron chi connectivity index (χ1n) is 10.3. The highest BCUT2D eigenvalue weighted by atomic mass is 32.2. The van der Waals surface area contributed by atoms with Gasteiger partial charge in [0.1, 0.15) is 20.7 Å². The van der Waals surface area contributed by atoms with E-state index in [0.717, 1.165) is 40.4 Å². The van der Waals surface area contributed by atoms with Crippen LogP contribution in [0.4, 0.5) is 5.69 Å². The molecule has 0 amide bonds. The molecule has 0 fully saturated rings. The molecule has 4 aromatic rings. The highest BCUT2D eigenvalue weighted by molar-refractivity contribution is 8.03. The summed E-state index contributed by atoms with van der Waals surface area (Å²) in [7, 11) is 1.76. The zero-order chi connectivity index (χ0) is 21.0. The fourth-order valence-electron chi connectivity index (χ4n) is 3.77. The lowest BCUT2D eigenvalue weighted by atomic mass is 10.1. The van der Waals surface area contributed by atoms with Crippen molar-refractivity contribution >= 4 is 39.1 Å². The third kappa shape index (κ3) is 4.24. The van der Waals surface area contributed by atoms with Crippen molar-refractivity contribution in [3.63, 3.8) is 0 Å². The Labute approximate surface area is 190 Å². The van der Waals surface area contributed by atoms with E-state index in [1.807, 2.05) is 30.1 Å². The Morgan fingerprint density at radius 1 is 1.00 bits per heavy atom. The van der Waals surface area contributed by atoms with E-state index in [4.69, 9.17) is 9.72 Å². The van der Waals surface area contributed by atoms with E-state index in [-0.39, 0.29) is 5.37 Å². The van der Waals surface area contributed by atoms with E-state index in [9.17, 15) is 0 Å². The van der Waals surface area contributed by atoms with Crippen LogP contribution in [-0.2, 0) is 4.74 Å². The Hall–Kier alpha value is -2.67. The number of hydrogen-bond donors (Lipinski definition) is 0. The van der Waals surface area contributed by atoms with E-state index >= 15 is 0 Å². The van der Waals surface area contributed by atoms with E-state index in [1.165, 1.54) is 16.2 Å². The zero-order valence-electron chi connectivity index (χ0n) is 17.3. The Bertz CT molecular complexity index is 1170. The third-order valence-corrected chi connectivity index (χ3v) is 7.58. The molecule has 0 N–H and O–H groups in total. The fraction of sp³-hybridized carbons (Fsp3) is 0.200. The largest absolute Gasteiger partial charge is 0.385 e. The molecule has 156 valence electrons. The van der Waals surface area contributed by atoms with Crippen LogP contribution in [0.3, 0.4) is 0 Å². The lowest BCUT2D eigenvalue weighted by Crippen LogP contribution is -2.17. The molecule has 1 aliphatic rings. The molecular formula is C25H23N3OS2. The van der Waals surface area contributed by atoms with Crippen LogP contribution >= 0.6 is 23.1 Å². The van der Waals surface area contributed by atoms with Gasteiger partial charge in [0, 0.05) is 36.6 Å². The Morgan fingerprint density at radius 2 is 1.84 bits per heavy atom. The Morgan fingerprint density at radius 3 is 2.68 bits per heavy atom. The van der Waals surface area contributed by atoms with Crippen molar-refractivity contribution in [3.05, 3.63) is 89.6 Å². The van der Waals surface area contributed by atoms with Crippen molar-refractivity contribution < 1.29 is 4.74 Å². The maximum atomic E-state index is 5.27. The summed E-state index contributed by atoms with van der Waals surface area (Å²) in [5, 5.41) is 1.20. The summed E-state index contributed by atoms with van der Waals surface area (Å²) in [4.78, 5) is 14.1. The summed E-state index contributed by atoms with van der Waals surface area (Å²) in [6.07, 6.45) is 6.18.